The summed E-state index contributed by atoms with van der Waals surface area (Å²) in [5, 5.41) is 5.06. The number of aromatic nitrogens is 1. The van der Waals surface area contributed by atoms with Crippen molar-refractivity contribution in [3.8, 4) is 0 Å². The largest absolute Gasteiger partial charge is 0.452 e. The van der Waals surface area contributed by atoms with Crippen molar-refractivity contribution in [2.45, 2.75) is 13.0 Å². The zero-order valence-electron chi connectivity index (χ0n) is 14.1. The molecule has 0 aliphatic rings. The number of amides is 1. The van der Waals surface area contributed by atoms with E-state index in [0.717, 1.165) is 16.3 Å². The van der Waals surface area contributed by atoms with Gasteiger partial charge in [-0.2, -0.15) is 0 Å². The summed E-state index contributed by atoms with van der Waals surface area (Å²) in [5.41, 5.74) is 1.13. The molecule has 1 atom stereocenters. The first kappa shape index (κ1) is 17.9. The Morgan fingerprint density at radius 3 is 2.69 bits per heavy atom. The summed E-state index contributed by atoms with van der Waals surface area (Å²) in [5.74, 6) is -1.07. The summed E-state index contributed by atoms with van der Waals surface area (Å²) in [6.07, 6.45) is 1.47. The monoisotopic (exact) mass is 368 g/mol. The van der Waals surface area contributed by atoms with Gasteiger partial charge in [-0.3, -0.25) is 4.79 Å². The number of carbonyl (C=O) groups excluding carboxylic acids is 2. The van der Waals surface area contributed by atoms with E-state index in [1.54, 1.807) is 6.07 Å². The van der Waals surface area contributed by atoms with Gasteiger partial charge >= 0.3 is 5.97 Å². The number of carbonyl (C=O) groups is 2. The van der Waals surface area contributed by atoms with Crippen LogP contribution in [-0.2, 0) is 9.53 Å². The van der Waals surface area contributed by atoms with Crippen LogP contribution in [0.1, 0.15) is 28.9 Å². The molecule has 26 heavy (non-hydrogen) atoms. The lowest BCUT2D eigenvalue weighted by atomic mass is 10.00. The Morgan fingerprint density at radius 2 is 1.88 bits per heavy atom. The molecular formula is C20H17ClN2O3. The van der Waals surface area contributed by atoms with Crippen LogP contribution in [0, 0.1) is 0 Å². The Balaban J connectivity index is 1.63. The minimum atomic E-state index is -0.684. The lowest BCUT2D eigenvalue weighted by Gasteiger charge is -2.16. The topological polar surface area (TPSA) is 68.3 Å². The number of nitrogens with one attached hydrogen (secondary N) is 1. The first-order valence-corrected chi connectivity index (χ1v) is 8.48. The van der Waals surface area contributed by atoms with Gasteiger partial charge in [-0.1, -0.05) is 54.1 Å². The van der Waals surface area contributed by atoms with Gasteiger partial charge < -0.3 is 10.1 Å². The molecule has 132 valence electrons. The predicted molar refractivity (Wildman–Crippen MR) is 100 cm³/mol. The number of benzene rings is 2. The van der Waals surface area contributed by atoms with Gasteiger partial charge in [0.25, 0.3) is 5.91 Å². The summed E-state index contributed by atoms with van der Waals surface area (Å²) >= 11 is 5.84. The maximum atomic E-state index is 12.1. The average molecular weight is 369 g/mol. The summed E-state index contributed by atoms with van der Waals surface area (Å²) in [6.45, 7) is 1.50. The van der Waals surface area contributed by atoms with Gasteiger partial charge in [-0.15, -0.1) is 0 Å². The standard InChI is InChI=1S/C20H17ClN2O3/c1-13(15-9-4-7-14-6-2-3-8-16(14)15)23-18(24)12-26-20(25)17-10-5-11-22-19(17)21/h2-11,13H,12H2,1H3,(H,23,24)/t13-/m1/s1. The number of hydrogen-bond acceptors (Lipinski definition) is 4. The van der Waals surface area contributed by atoms with E-state index < -0.39 is 11.9 Å². The van der Waals surface area contributed by atoms with Crippen LogP contribution in [0.15, 0.2) is 60.8 Å². The van der Waals surface area contributed by atoms with Gasteiger partial charge in [0.1, 0.15) is 5.15 Å². The van der Waals surface area contributed by atoms with Gasteiger partial charge in [0.05, 0.1) is 11.6 Å². The molecule has 5 nitrogen and oxygen atoms in total. The van der Waals surface area contributed by atoms with Crippen LogP contribution in [0.25, 0.3) is 10.8 Å². The smallest absolute Gasteiger partial charge is 0.341 e. The average Bonchev–Trinajstić information content (AvgIpc) is 2.66. The number of pyridine rings is 1. The van der Waals surface area contributed by atoms with Crippen molar-refractivity contribution < 1.29 is 14.3 Å². The first-order valence-electron chi connectivity index (χ1n) is 8.11. The third-order valence-corrected chi connectivity index (χ3v) is 4.28. The number of ether oxygens (including phenoxy) is 1. The Labute approximate surface area is 156 Å². The zero-order valence-corrected chi connectivity index (χ0v) is 14.9. The third kappa shape index (κ3) is 4.00. The molecule has 0 bridgehead atoms. The fraction of sp³-hybridized carbons (Fsp3) is 0.150. The quantitative estimate of drug-likeness (QED) is 0.547. The van der Waals surface area contributed by atoms with Crippen LogP contribution in [0.5, 0.6) is 0 Å². The summed E-state index contributed by atoms with van der Waals surface area (Å²) in [7, 11) is 0. The second-order valence-electron chi connectivity index (χ2n) is 5.78. The Hall–Kier alpha value is -2.92. The second kappa shape index (κ2) is 7.97. The molecule has 0 radical (unpaired) electrons. The molecule has 6 heteroatoms. The third-order valence-electron chi connectivity index (χ3n) is 3.98. The molecule has 0 aliphatic heterocycles. The van der Waals surface area contributed by atoms with Crippen molar-refractivity contribution in [2.75, 3.05) is 6.61 Å². The number of rotatable bonds is 5. The van der Waals surface area contributed by atoms with Crippen molar-refractivity contribution >= 4 is 34.2 Å². The molecule has 1 amide bonds. The van der Waals surface area contributed by atoms with E-state index in [2.05, 4.69) is 10.3 Å². The lowest BCUT2D eigenvalue weighted by Crippen LogP contribution is -2.31. The molecule has 3 aromatic rings. The van der Waals surface area contributed by atoms with E-state index in [1.807, 2.05) is 49.4 Å². The molecule has 1 aromatic heterocycles. The molecular weight excluding hydrogens is 352 g/mol. The highest BCUT2D eigenvalue weighted by Gasteiger charge is 2.16. The van der Waals surface area contributed by atoms with E-state index in [9.17, 15) is 9.59 Å². The van der Waals surface area contributed by atoms with Crippen molar-refractivity contribution in [2.24, 2.45) is 0 Å². The van der Waals surface area contributed by atoms with Gasteiger partial charge in [0, 0.05) is 6.20 Å². The van der Waals surface area contributed by atoms with Gasteiger partial charge in [-0.05, 0) is 35.4 Å². The van der Waals surface area contributed by atoms with E-state index in [4.69, 9.17) is 16.3 Å². The summed E-state index contributed by atoms with van der Waals surface area (Å²) in [4.78, 5) is 27.9. The van der Waals surface area contributed by atoms with E-state index in [-0.39, 0.29) is 23.4 Å². The van der Waals surface area contributed by atoms with Crippen LogP contribution in [0.4, 0.5) is 0 Å². The van der Waals surface area contributed by atoms with Crippen molar-refractivity contribution in [3.05, 3.63) is 77.1 Å². The summed E-state index contributed by atoms with van der Waals surface area (Å²) in [6, 6.07) is 16.7. The molecule has 1 N–H and O–H groups in total. The predicted octanol–water partition coefficient (Wildman–Crippen LogP) is 3.92. The Morgan fingerprint density at radius 1 is 1.12 bits per heavy atom. The highest BCUT2D eigenvalue weighted by molar-refractivity contribution is 6.32. The first-order chi connectivity index (χ1) is 12.6. The molecule has 0 spiro atoms. The fourth-order valence-electron chi connectivity index (χ4n) is 2.74. The highest BCUT2D eigenvalue weighted by Crippen LogP contribution is 2.24. The maximum Gasteiger partial charge on any atom is 0.341 e. The molecule has 0 saturated heterocycles. The molecule has 0 fully saturated rings. The number of esters is 1. The van der Waals surface area contributed by atoms with Crippen molar-refractivity contribution in [3.63, 3.8) is 0 Å². The molecule has 2 aromatic carbocycles. The van der Waals surface area contributed by atoms with Crippen molar-refractivity contribution in [1.82, 2.24) is 10.3 Å². The second-order valence-corrected chi connectivity index (χ2v) is 6.13. The number of fused-ring (bicyclic) bond motifs is 1. The number of hydrogen-bond donors (Lipinski definition) is 1. The zero-order chi connectivity index (χ0) is 18.5. The van der Waals surface area contributed by atoms with E-state index in [0.29, 0.717) is 0 Å². The number of halogens is 1. The van der Waals surface area contributed by atoms with E-state index in [1.165, 1.54) is 12.3 Å². The van der Waals surface area contributed by atoms with Gasteiger partial charge in [0.2, 0.25) is 0 Å². The molecule has 0 unspecified atom stereocenters. The van der Waals surface area contributed by atoms with Crippen LogP contribution in [0.2, 0.25) is 5.15 Å². The van der Waals surface area contributed by atoms with Crippen LogP contribution < -0.4 is 5.32 Å². The fourth-order valence-corrected chi connectivity index (χ4v) is 2.93. The number of nitrogens with zero attached hydrogens (tertiary/aromatic N) is 1. The van der Waals surface area contributed by atoms with Crippen LogP contribution in [0.3, 0.4) is 0 Å². The van der Waals surface area contributed by atoms with Crippen LogP contribution in [-0.4, -0.2) is 23.5 Å². The lowest BCUT2D eigenvalue weighted by molar-refractivity contribution is -0.124. The van der Waals surface area contributed by atoms with Gasteiger partial charge in [-0.25, -0.2) is 9.78 Å². The Kier molecular flexibility index (Phi) is 5.49. The molecule has 3 rings (SSSR count). The minimum Gasteiger partial charge on any atom is -0.452 e. The van der Waals surface area contributed by atoms with E-state index >= 15 is 0 Å². The van der Waals surface area contributed by atoms with Crippen molar-refractivity contribution in [1.29, 1.82) is 0 Å². The summed E-state index contributed by atoms with van der Waals surface area (Å²) < 4.78 is 5.02. The minimum absolute atomic E-state index is 0.0435. The Bertz CT molecular complexity index is 953. The normalized spacial score (nSPS) is 11.8. The maximum absolute atomic E-state index is 12.1. The highest BCUT2D eigenvalue weighted by atomic mass is 35.5. The molecule has 0 saturated carbocycles. The SMILES string of the molecule is C[C@@H](NC(=O)COC(=O)c1cccnc1Cl)c1cccc2ccccc12. The van der Waals surface area contributed by atoms with Crippen LogP contribution >= 0.6 is 11.6 Å². The molecule has 0 aliphatic carbocycles. The molecule has 1 heterocycles. The van der Waals surface area contributed by atoms with Gasteiger partial charge in [0.15, 0.2) is 6.61 Å².